The van der Waals surface area contributed by atoms with E-state index in [2.05, 4.69) is 15.5 Å². The molecule has 0 spiro atoms. The summed E-state index contributed by atoms with van der Waals surface area (Å²) in [4.78, 5) is 12.7. The lowest BCUT2D eigenvalue weighted by Gasteiger charge is -2.60. The number of hydrogen-bond acceptors (Lipinski definition) is 6. The fourth-order valence-electron chi connectivity index (χ4n) is 3.83. The second-order valence-electron chi connectivity index (χ2n) is 6.95. The van der Waals surface area contributed by atoms with E-state index in [1.54, 1.807) is 0 Å². The highest BCUT2D eigenvalue weighted by Gasteiger charge is 2.71. The molecule has 0 aromatic carbocycles. The average Bonchev–Trinajstić information content (AvgIpc) is 3.01. The maximum absolute atomic E-state index is 12.7. The molecule has 0 radical (unpaired) electrons. The first kappa shape index (κ1) is 13.2. The predicted molar refractivity (Wildman–Crippen MR) is 73.4 cm³/mol. The Morgan fingerprint density at radius 1 is 1.33 bits per heavy atom. The number of carbonyl (C=O) groups is 1. The summed E-state index contributed by atoms with van der Waals surface area (Å²) in [6.45, 7) is 4.61. The second-order valence-corrected chi connectivity index (χ2v) is 6.95. The molecule has 114 valence electrons. The van der Waals surface area contributed by atoms with Crippen molar-refractivity contribution in [1.82, 2.24) is 10.2 Å². The summed E-state index contributed by atoms with van der Waals surface area (Å²) < 4.78 is 11.2. The number of ether oxygens (including phenoxy) is 1. The summed E-state index contributed by atoms with van der Waals surface area (Å²) >= 11 is 0. The topological polar surface area (TPSA) is 103 Å². The number of aromatic nitrogens is 2. The van der Waals surface area contributed by atoms with Crippen LogP contribution in [0.15, 0.2) is 4.42 Å². The Hall–Kier alpha value is -1.47. The van der Waals surface area contributed by atoms with Gasteiger partial charge >= 0.3 is 6.01 Å². The molecule has 7 heteroatoms. The van der Waals surface area contributed by atoms with Crippen LogP contribution in [0.25, 0.3) is 0 Å². The van der Waals surface area contributed by atoms with Crippen LogP contribution in [0.1, 0.15) is 44.9 Å². The number of nitrogens with zero attached hydrogens (tertiary/aromatic N) is 2. The quantitative estimate of drug-likeness (QED) is 0.862. The predicted octanol–water partition coefficient (Wildman–Crippen LogP) is 1.03. The highest BCUT2D eigenvalue weighted by molar-refractivity contribution is 5.98. The van der Waals surface area contributed by atoms with Gasteiger partial charge in [-0.3, -0.25) is 10.1 Å². The van der Waals surface area contributed by atoms with Gasteiger partial charge in [0.1, 0.15) is 5.54 Å². The van der Waals surface area contributed by atoms with Crippen LogP contribution in [0.5, 0.6) is 0 Å². The fourth-order valence-corrected chi connectivity index (χ4v) is 3.83. The first-order valence-electron chi connectivity index (χ1n) is 7.50. The largest absolute Gasteiger partial charge is 0.408 e. The molecule has 21 heavy (non-hydrogen) atoms. The first-order chi connectivity index (χ1) is 9.94. The molecule has 2 saturated carbocycles. The molecule has 3 fully saturated rings. The number of nitrogens with two attached hydrogens (primary N) is 1. The van der Waals surface area contributed by atoms with Crippen molar-refractivity contribution in [3.8, 4) is 0 Å². The molecule has 1 aliphatic heterocycles. The highest BCUT2D eigenvalue weighted by atomic mass is 16.5. The number of carbonyl (C=O) groups excluding carboxylic acids is 1. The molecule has 1 saturated heterocycles. The van der Waals surface area contributed by atoms with Crippen molar-refractivity contribution in [3.05, 3.63) is 5.89 Å². The van der Waals surface area contributed by atoms with Crippen molar-refractivity contribution in [3.63, 3.8) is 0 Å². The molecule has 1 aromatic heterocycles. The van der Waals surface area contributed by atoms with Crippen molar-refractivity contribution in [2.75, 3.05) is 11.9 Å². The van der Waals surface area contributed by atoms with Gasteiger partial charge in [0.15, 0.2) is 0 Å². The van der Waals surface area contributed by atoms with Crippen LogP contribution >= 0.6 is 0 Å². The van der Waals surface area contributed by atoms with Gasteiger partial charge in [0, 0.05) is 23.9 Å². The van der Waals surface area contributed by atoms with Crippen molar-refractivity contribution in [1.29, 1.82) is 0 Å². The minimum atomic E-state index is -0.956. The van der Waals surface area contributed by atoms with Crippen molar-refractivity contribution >= 4 is 11.9 Å². The number of rotatable bonds is 3. The molecular formula is C14H20N4O3. The van der Waals surface area contributed by atoms with Crippen LogP contribution in [0.4, 0.5) is 6.01 Å². The van der Waals surface area contributed by atoms with Crippen LogP contribution < -0.4 is 11.1 Å². The van der Waals surface area contributed by atoms with E-state index in [9.17, 15) is 4.79 Å². The third-order valence-electron chi connectivity index (χ3n) is 5.42. The Labute approximate surface area is 122 Å². The van der Waals surface area contributed by atoms with Crippen LogP contribution in [-0.2, 0) is 9.53 Å². The van der Waals surface area contributed by atoms with Gasteiger partial charge in [-0.25, -0.2) is 0 Å². The summed E-state index contributed by atoms with van der Waals surface area (Å²) in [5.74, 6) is 0.762. The number of amides is 1. The van der Waals surface area contributed by atoms with E-state index >= 15 is 0 Å². The zero-order valence-corrected chi connectivity index (χ0v) is 12.3. The molecule has 0 bridgehead atoms. The Balaban J connectivity index is 1.53. The molecule has 3 atom stereocenters. The van der Waals surface area contributed by atoms with Gasteiger partial charge in [-0.15, -0.1) is 5.10 Å². The third-order valence-corrected chi connectivity index (χ3v) is 5.42. The maximum atomic E-state index is 12.7. The standard InChI is InChI=1S/C14H20N4O3/c1-13(2)9-8(5-6-20-9)14(13,15)11(19)16-12-18-17-10(21-12)7-3-4-7/h7-9H,3-6,15H2,1-2H3,(H,16,18,19). The molecule has 3 unspecified atom stereocenters. The lowest BCUT2D eigenvalue weighted by Crippen LogP contribution is -2.79. The third kappa shape index (κ3) is 1.64. The van der Waals surface area contributed by atoms with Crippen molar-refractivity contribution in [2.24, 2.45) is 17.1 Å². The van der Waals surface area contributed by atoms with Gasteiger partial charge in [-0.05, 0) is 19.3 Å². The molecule has 7 nitrogen and oxygen atoms in total. The van der Waals surface area contributed by atoms with E-state index in [0.717, 1.165) is 19.3 Å². The summed E-state index contributed by atoms with van der Waals surface area (Å²) in [5.41, 5.74) is 5.09. The number of anilines is 1. The molecular weight excluding hydrogens is 272 g/mol. The molecule has 2 heterocycles. The molecule has 3 N–H and O–H groups in total. The van der Waals surface area contributed by atoms with Gasteiger partial charge in [0.2, 0.25) is 11.8 Å². The Kier molecular flexibility index (Phi) is 2.54. The Morgan fingerprint density at radius 2 is 2.10 bits per heavy atom. The number of fused-ring (bicyclic) bond motifs is 1. The van der Waals surface area contributed by atoms with Gasteiger partial charge in [0.25, 0.3) is 0 Å². The maximum Gasteiger partial charge on any atom is 0.322 e. The van der Waals surface area contributed by atoms with Gasteiger partial charge in [0.05, 0.1) is 6.10 Å². The monoisotopic (exact) mass is 292 g/mol. The van der Waals surface area contributed by atoms with E-state index in [0.29, 0.717) is 18.4 Å². The van der Waals surface area contributed by atoms with Gasteiger partial charge in [-0.1, -0.05) is 18.9 Å². The van der Waals surface area contributed by atoms with Crippen molar-refractivity contribution < 1.29 is 13.9 Å². The summed E-state index contributed by atoms with van der Waals surface area (Å²) in [6, 6.07) is 0.143. The normalized spacial score (nSPS) is 36.9. The fraction of sp³-hybridized carbons (Fsp3) is 0.786. The molecule has 2 aliphatic carbocycles. The van der Waals surface area contributed by atoms with E-state index < -0.39 is 11.0 Å². The summed E-state index contributed by atoms with van der Waals surface area (Å²) in [7, 11) is 0. The van der Waals surface area contributed by atoms with Crippen LogP contribution in [0.2, 0.25) is 0 Å². The van der Waals surface area contributed by atoms with E-state index in [1.807, 2.05) is 13.8 Å². The Morgan fingerprint density at radius 3 is 2.81 bits per heavy atom. The van der Waals surface area contributed by atoms with Crippen molar-refractivity contribution in [2.45, 2.75) is 50.7 Å². The summed E-state index contributed by atoms with van der Waals surface area (Å²) in [5, 5.41) is 10.5. The van der Waals surface area contributed by atoms with E-state index in [4.69, 9.17) is 14.9 Å². The second kappa shape index (κ2) is 4.04. The number of hydrogen-bond donors (Lipinski definition) is 2. The average molecular weight is 292 g/mol. The van der Waals surface area contributed by atoms with Crippen LogP contribution in [-0.4, -0.2) is 34.4 Å². The van der Waals surface area contributed by atoms with Crippen LogP contribution in [0, 0.1) is 11.3 Å². The number of nitrogens with one attached hydrogen (secondary N) is 1. The summed E-state index contributed by atoms with van der Waals surface area (Å²) in [6.07, 6.45) is 3.02. The van der Waals surface area contributed by atoms with Crippen LogP contribution in [0.3, 0.4) is 0 Å². The lowest BCUT2D eigenvalue weighted by molar-refractivity contribution is -0.171. The first-order valence-corrected chi connectivity index (χ1v) is 7.50. The minimum Gasteiger partial charge on any atom is -0.408 e. The van der Waals surface area contributed by atoms with Gasteiger partial charge in [-0.2, -0.15) is 0 Å². The zero-order valence-electron chi connectivity index (χ0n) is 12.3. The smallest absolute Gasteiger partial charge is 0.322 e. The Bertz CT molecular complexity index is 595. The minimum absolute atomic E-state index is 0.0537. The molecule has 1 amide bonds. The highest BCUT2D eigenvalue weighted by Crippen LogP contribution is 2.58. The van der Waals surface area contributed by atoms with Gasteiger partial charge < -0.3 is 14.9 Å². The zero-order chi connectivity index (χ0) is 14.8. The lowest BCUT2D eigenvalue weighted by atomic mass is 9.48. The molecule has 4 rings (SSSR count). The van der Waals surface area contributed by atoms with E-state index in [-0.39, 0.29) is 23.9 Å². The molecule has 3 aliphatic rings. The van der Waals surface area contributed by atoms with E-state index in [1.165, 1.54) is 0 Å². The molecule has 1 aromatic rings. The SMILES string of the molecule is CC1(C)C2OCCC2C1(N)C(=O)Nc1nnc(C2CC2)o1.